The van der Waals surface area contributed by atoms with Crippen molar-refractivity contribution >= 4 is 14.1 Å². The summed E-state index contributed by atoms with van der Waals surface area (Å²) in [6.07, 6.45) is -2.67. The molecule has 6 nitrogen and oxygen atoms in total. The highest BCUT2D eigenvalue weighted by atomic mass is 28.4. The number of Topliss-reactive ketones (excluding diaryl/α,β-unsaturated/α-hetero) is 1. The molecule has 5 atom stereocenters. The molecule has 0 unspecified atom stereocenters. The number of hydrogen-bond acceptors (Lipinski definition) is 6. The zero-order valence-electron chi connectivity index (χ0n) is 15.0. The minimum atomic E-state index is -1.90. The largest absolute Gasteiger partial charge is 0.414 e. The number of ether oxygens (including phenoxy) is 4. The van der Waals surface area contributed by atoms with Gasteiger partial charge in [-0.15, -0.1) is 0 Å². The molecule has 3 heterocycles. The Morgan fingerprint density at radius 3 is 2.39 bits per heavy atom. The van der Waals surface area contributed by atoms with Crippen LogP contribution >= 0.6 is 0 Å². The maximum atomic E-state index is 12.6. The van der Waals surface area contributed by atoms with Crippen LogP contribution in [0.1, 0.15) is 34.6 Å². The van der Waals surface area contributed by atoms with Gasteiger partial charge in [-0.2, -0.15) is 0 Å². The van der Waals surface area contributed by atoms with Gasteiger partial charge in [-0.25, -0.2) is 0 Å². The Labute approximate surface area is 138 Å². The summed E-state index contributed by atoms with van der Waals surface area (Å²) >= 11 is 0. The fourth-order valence-electron chi connectivity index (χ4n) is 2.92. The Hall–Kier alpha value is -0.313. The number of fused-ring (bicyclic) bond motifs is 4. The Morgan fingerprint density at radius 1 is 1.13 bits per heavy atom. The molecular formula is C16H28O6Si. The summed E-state index contributed by atoms with van der Waals surface area (Å²) in [6.45, 7) is 14.9. The second-order valence-electron chi connectivity index (χ2n) is 8.59. The van der Waals surface area contributed by atoms with Crippen LogP contribution in [-0.4, -0.2) is 57.2 Å². The predicted octanol–water partition coefficient (Wildman–Crippen LogP) is 2.22. The molecule has 7 heteroatoms. The zero-order chi connectivity index (χ0) is 17.2. The van der Waals surface area contributed by atoms with Crippen LogP contribution in [0, 0.1) is 0 Å². The fourth-order valence-corrected chi connectivity index (χ4v) is 3.93. The first-order valence-corrected chi connectivity index (χ1v) is 11.2. The van der Waals surface area contributed by atoms with E-state index in [1.807, 2.05) is 0 Å². The van der Waals surface area contributed by atoms with Crippen LogP contribution in [0.25, 0.3) is 0 Å². The van der Waals surface area contributed by atoms with Gasteiger partial charge in [0.1, 0.15) is 12.2 Å². The Kier molecular flexibility index (Phi) is 4.07. The van der Waals surface area contributed by atoms with Crippen LogP contribution in [-0.2, 0) is 28.2 Å². The van der Waals surface area contributed by atoms with E-state index in [1.54, 1.807) is 13.8 Å². The number of ketones is 1. The van der Waals surface area contributed by atoms with E-state index in [9.17, 15) is 4.79 Å². The van der Waals surface area contributed by atoms with Crippen molar-refractivity contribution in [1.29, 1.82) is 0 Å². The molecule has 0 aliphatic carbocycles. The van der Waals surface area contributed by atoms with Gasteiger partial charge in [0.2, 0.25) is 0 Å². The smallest absolute Gasteiger partial charge is 0.196 e. The average molecular weight is 344 g/mol. The molecule has 0 amide bonds. The first kappa shape index (κ1) is 17.5. The lowest BCUT2D eigenvalue weighted by Gasteiger charge is -2.37. The summed E-state index contributed by atoms with van der Waals surface area (Å²) in [7, 11) is -1.90. The number of carbonyl (C=O) groups is 1. The number of rotatable bonds is 3. The summed E-state index contributed by atoms with van der Waals surface area (Å²) in [4.78, 5) is 12.6. The van der Waals surface area contributed by atoms with E-state index in [0.717, 1.165) is 0 Å². The fraction of sp³-hybridized carbons (Fsp3) is 0.938. The molecule has 0 aromatic carbocycles. The Balaban J connectivity index is 1.67. The standard InChI is InChI=1S/C16H28O6Si/c1-15(2,3)23(6,7)18-8-9-11-10(17)12-13(14(19-9)20-11)22-16(4,5)21-12/h9,11-14H,8H2,1-7H3/t9-,11+,12+,13+,14+/m0/s1. The molecule has 132 valence electrons. The molecule has 0 N–H and O–H groups in total. The molecule has 0 aromatic rings. The third kappa shape index (κ3) is 3.03. The van der Waals surface area contributed by atoms with Crippen molar-refractivity contribution in [3.05, 3.63) is 0 Å². The van der Waals surface area contributed by atoms with Gasteiger partial charge in [0.25, 0.3) is 0 Å². The monoisotopic (exact) mass is 344 g/mol. The minimum absolute atomic E-state index is 0.0989. The molecule has 3 saturated heterocycles. The maximum Gasteiger partial charge on any atom is 0.196 e. The van der Waals surface area contributed by atoms with E-state index in [0.29, 0.717) is 6.61 Å². The van der Waals surface area contributed by atoms with Gasteiger partial charge in [-0.1, -0.05) is 20.8 Å². The van der Waals surface area contributed by atoms with Gasteiger partial charge in [0.05, 0.1) is 6.61 Å². The van der Waals surface area contributed by atoms with Crippen LogP contribution in [0.2, 0.25) is 18.1 Å². The molecular weight excluding hydrogens is 316 g/mol. The topological polar surface area (TPSA) is 63.2 Å². The number of hydrogen-bond donors (Lipinski definition) is 0. The van der Waals surface area contributed by atoms with E-state index >= 15 is 0 Å². The van der Waals surface area contributed by atoms with Crippen LogP contribution in [0.3, 0.4) is 0 Å². The summed E-state index contributed by atoms with van der Waals surface area (Å²) in [5, 5.41) is 0.109. The molecule has 23 heavy (non-hydrogen) atoms. The van der Waals surface area contributed by atoms with E-state index in [4.69, 9.17) is 23.4 Å². The molecule has 3 aliphatic heterocycles. The highest BCUT2D eigenvalue weighted by Gasteiger charge is 2.61. The van der Waals surface area contributed by atoms with Gasteiger partial charge in [-0.05, 0) is 32.0 Å². The highest BCUT2D eigenvalue weighted by molar-refractivity contribution is 6.74. The average Bonchev–Trinajstić information content (AvgIpc) is 2.92. The normalized spacial score (nSPS) is 39.6. The van der Waals surface area contributed by atoms with Gasteiger partial charge in [0, 0.05) is 0 Å². The minimum Gasteiger partial charge on any atom is -0.414 e. The molecule has 0 radical (unpaired) electrons. The van der Waals surface area contributed by atoms with E-state index < -0.39 is 38.7 Å². The van der Waals surface area contributed by atoms with Crippen molar-refractivity contribution in [2.24, 2.45) is 0 Å². The maximum absolute atomic E-state index is 12.6. The van der Waals surface area contributed by atoms with Crippen molar-refractivity contribution in [1.82, 2.24) is 0 Å². The zero-order valence-corrected chi connectivity index (χ0v) is 16.0. The van der Waals surface area contributed by atoms with Gasteiger partial charge < -0.3 is 23.4 Å². The molecule has 0 spiro atoms. The lowest BCUT2D eigenvalue weighted by molar-refractivity contribution is -0.190. The van der Waals surface area contributed by atoms with Crippen LogP contribution < -0.4 is 0 Å². The summed E-state index contributed by atoms with van der Waals surface area (Å²) < 4.78 is 29.4. The van der Waals surface area contributed by atoms with Crippen LogP contribution in [0.4, 0.5) is 0 Å². The van der Waals surface area contributed by atoms with Gasteiger partial charge >= 0.3 is 0 Å². The van der Waals surface area contributed by atoms with E-state index in [-0.39, 0.29) is 16.9 Å². The van der Waals surface area contributed by atoms with Crippen molar-refractivity contribution in [2.75, 3.05) is 6.61 Å². The van der Waals surface area contributed by atoms with E-state index in [2.05, 4.69) is 33.9 Å². The van der Waals surface area contributed by atoms with Crippen molar-refractivity contribution < 1.29 is 28.2 Å². The molecule has 3 fully saturated rings. The van der Waals surface area contributed by atoms with Crippen LogP contribution in [0.15, 0.2) is 0 Å². The van der Waals surface area contributed by atoms with Crippen molar-refractivity contribution in [3.8, 4) is 0 Å². The molecule has 3 rings (SSSR count). The first-order chi connectivity index (χ1) is 10.4. The SMILES string of the molecule is CC1(C)O[C@H]2[C@@H]3O[C@@H](CO[Si](C)(C)C(C)(C)C)[C@@H](O3)C(=O)[C@H]2O1. The summed E-state index contributed by atoms with van der Waals surface area (Å²) in [6, 6.07) is 0. The quantitative estimate of drug-likeness (QED) is 0.732. The van der Waals surface area contributed by atoms with Gasteiger partial charge in [0.15, 0.2) is 38.4 Å². The second-order valence-corrected chi connectivity index (χ2v) is 13.4. The third-order valence-electron chi connectivity index (χ3n) is 5.30. The predicted molar refractivity (Wildman–Crippen MR) is 85.5 cm³/mol. The summed E-state index contributed by atoms with van der Waals surface area (Å²) in [5.74, 6) is -0.881. The van der Waals surface area contributed by atoms with Gasteiger partial charge in [-0.3, -0.25) is 4.79 Å². The number of carbonyl (C=O) groups excluding carboxylic acids is 1. The Morgan fingerprint density at radius 2 is 1.78 bits per heavy atom. The van der Waals surface area contributed by atoms with Crippen LogP contribution in [0.5, 0.6) is 0 Å². The highest BCUT2D eigenvalue weighted by Crippen LogP contribution is 2.42. The lowest BCUT2D eigenvalue weighted by Crippen LogP contribution is -2.51. The Bertz CT molecular complexity index is 497. The third-order valence-corrected chi connectivity index (χ3v) is 9.80. The first-order valence-electron chi connectivity index (χ1n) is 8.25. The summed E-state index contributed by atoms with van der Waals surface area (Å²) in [5.41, 5.74) is 0. The molecule has 2 bridgehead atoms. The van der Waals surface area contributed by atoms with Crippen molar-refractivity contribution in [3.63, 3.8) is 0 Å². The molecule has 0 aromatic heterocycles. The van der Waals surface area contributed by atoms with Crippen molar-refractivity contribution in [2.45, 2.75) is 89.2 Å². The molecule has 3 aliphatic rings. The second kappa shape index (κ2) is 5.34. The molecule has 0 saturated carbocycles. The van der Waals surface area contributed by atoms with E-state index in [1.165, 1.54) is 0 Å². The lowest BCUT2D eigenvalue weighted by atomic mass is 10.0.